The van der Waals surface area contributed by atoms with Crippen molar-refractivity contribution in [3.63, 3.8) is 0 Å². The summed E-state index contributed by atoms with van der Waals surface area (Å²) in [5.41, 5.74) is 0. The molecule has 1 atom stereocenters. The molecule has 1 rings (SSSR count). The van der Waals surface area contributed by atoms with Crippen LogP contribution in [0, 0.1) is 17.2 Å². The number of carbonyl (C=O) groups is 1. The lowest BCUT2D eigenvalue weighted by Gasteiger charge is -2.06. The average Bonchev–Trinajstić information content (AvgIpc) is 2.69. The van der Waals surface area contributed by atoms with Crippen molar-refractivity contribution < 1.29 is 4.79 Å². The molecule has 0 saturated heterocycles. The van der Waals surface area contributed by atoms with Crippen LogP contribution in [0.25, 0.3) is 0 Å². The summed E-state index contributed by atoms with van der Waals surface area (Å²) in [6, 6.07) is 5.75. The Morgan fingerprint density at radius 3 is 2.79 bits per heavy atom. The van der Waals surface area contributed by atoms with Crippen LogP contribution in [0.5, 0.6) is 0 Å². The van der Waals surface area contributed by atoms with Gasteiger partial charge in [-0.2, -0.15) is 5.26 Å². The van der Waals surface area contributed by atoms with Gasteiger partial charge < -0.3 is 9.88 Å². The molecule has 14 heavy (non-hydrogen) atoms. The first kappa shape index (κ1) is 10.3. The van der Waals surface area contributed by atoms with Crippen molar-refractivity contribution in [3.8, 4) is 6.07 Å². The molecule has 4 heteroatoms. The van der Waals surface area contributed by atoms with E-state index in [1.54, 1.807) is 6.92 Å². The number of nitriles is 1. The first-order valence-electron chi connectivity index (χ1n) is 4.52. The standard InChI is InChI=1S/C10H13N3O/c1-9(8-11)10(14)12-4-7-13-5-2-3-6-13/h2-3,5-6,9H,4,7H2,1H3,(H,12,14). The summed E-state index contributed by atoms with van der Waals surface area (Å²) >= 11 is 0. The number of carbonyl (C=O) groups excluding carboxylic acids is 1. The molecule has 0 aromatic carbocycles. The average molecular weight is 191 g/mol. The molecule has 0 aliphatic heterocycles. The molecule has 0 spiro atoms. The Kier molecular flexibility index (Phi) is 3.74. The Bertz CT molecular complexity index is 324. The minimum absolute atomic E-state index is 0.209. The molecule has 0 aliphatic carbocycles. The van der Waals surface area contributed by atoms with E-state index < -0.39 is 5.92 Å². The fourth-order valence-electron chi connectivity index (χ4n) is 1.04. The van der Waals surface area contributed by atoms with Gasteiger partial charge in [0.2, 0.25) is 5.91 Å². The molecule has 1 aromatic heterocycles. The van der Waals surface area contributed by atoms with Gasteiger partial charge in [0.15, 0.2) is 0 Å². The zero-order valence-electron chi connectivity index (χ0n) is 8.10. The molecule has 0 bridgehead atoms. The molecule has 1 N–H and O–H groups in total. The van der Waals surface area contributed by atoms with Crippen molar-refractivity contribution in [1.29, 1.82) is 5.26 Å². The second-order valence-corrected chi connectivity index (χ2v) is 3.06. The van der Waals surface area contributed by atoms with Crippen LogP contribution < -0.4 is 5.32 Å². The van der Waals surface area contributed by atoms with Crippen LogP contribution in [0.4, 0.5) is 0 Å². The summed E-state index contributed by atoms with van der Waals surface area (Å²) in [5, 5.41) is 11.2. The van der Waals surface area contributed by atoms with Crippen molar-refractivity contribution >= 4 is 5.91 Å². The van der Waals surface area contributed by atoms with Crippen molar-refractivity contribution in [2.45, 2.75) is 13.5 Å². The lowest BCUT2D eigenvalue weighted by atomic mass is 10.2. The highest BCUT2D eigenvalue weighted by atomic mass is 16.1. The first-order chi connectivity index (χ1) is 6.74. The fraction of sp³-hybridized carbons (Fsp3) is 0.400. The number of nitrogens with zero attached hydrogens (tertiary/aromatic N) is 2. The van der Waals surface area contributed by atoms with E-state index in [1.165, 1.54) is 0 Å². The third-order valence-electron chi connectivity index (χ3n) is 1.92. The Labute approximate surface area is 83.1 Å². The van der Waals surface area contributed by atoms with Crippen molar-refractivity contribution in [2.24, 2.45) is 5.92 Å². The SMILES string of the molecule is CC(C#N)C(=O)NCCn1cccc1. The summed E-state index contributed by atoms with van der Waals surface area (Å²) in [6.45, 7) is 2.88. The van der Waals surface area contributed by atoms with Gasteiger partial charge in [0, 0.05) is 25.5 Å². The van der Waals surface area contributed by atoms with E-state index in [2.05, 4.69) is 5.32 Å². The molecular formula is C10H13N3O. The molecule has 0 aliphatic rings. The lowest BCUT2D eigenvalue weighted by molar-refractivity contribution is -0.122. The summed E-state index contributed by atoms with van der Waals surface area (Å²) in [4.78, 5) is 11.2. The van der Waals surface area contributed by atoms with Crippen molar-refractivity contribution in [2.75, 3.05) is 6.54 Å². The maximum atomic E-state index is 11.2. The zero-order valence-corrected chi connectivity index (χ0v) is 8.10. The van der Waals surface area contributed by atoms with E-state index in [-0.39, 0.29) is 5.91 Å². The minimum atomic E-state index is -0.570. The van der Waals surface area contributed by atoms with Crippen LogP contribution in [0.2, 0.25) is 0 Å². The lowest BCUT2D eigenvalue weighted by Crippen LogP contribution is -2.31. The van der Waals surface area contributed by atoms with Gasteiger partial charge in [-0.3, -0.25) is 4.79 Å². The van der Waals surface area contributed by atoms with Gasteiger partial charge in [-0.15, -0.1) is 0 Å². The topological polar surface area (TPSA) is 57.8 Å². The van der Waals surface area contributed by atoms with Gasteiger partial charge in [0.25, 0.3) is 0 Å². The van der Waals surface area contributed by atoms with E-state index in [0.29, 0.717) is 6.54 Å². The Hall–Kier alpha value is -1.76. The number of rotatable bonds is 4. The number of hydrogen-bond acceptors (Lipinski definition) is 2. The number of hydrogen-bond donors (Lipinski definition) is 1. The van der Waals surface area contributed by atoms with E-state index in [1.807, 2.05) is 35.2 Å². The highest BCUT2D eigenvalue weighted by Crippen LogP contribution is 1.91. The molecule has 4 nitrogen and oxygen atoms in total. The Morgan fingerprint density at radius 1 is 1.57 bits per heavy atom. The van der Waals surface area contributed by atoms with Crippen LogP contribution in [-0.2, 0) is 11.3 Å². The largest absolute Gasteiger partial charge is 0.353 e. The van der Waals surface area contributed by atoms with Crippen molar-refractivity contribution in [3.05, 3.63) is 24.5 Å². The molecule has 74 valence electrons. The summed E-state index contributed by atoms with van der Waals surface area (Å²) in [5.74, 6) is -0.778. The van der Waals surface area contributed by atoms with Crippen molar-refractivity contribution in [1.82, 2.24) is 9.88 Å². The molecule has 1 aromatic rings. The molecule has 1 amide bonds. The second kappa shape index (κ2) is 5.07. The predicted molar refractivity (Wildman–Crippen MR) is 52.2 cm³/mol. The molecular weight excluding hydrogens is 178 g/mol. The zero-order chi connectivity index (χ0) is 10.4. The molecule has 0 fully saturated rings. The number of aromatic nitrogens is 1. The van der Waals surface area contributed by atoms with Gasteiger partial charge in [-0.25, -0.2) is 0 Å². The maximum Gasteiger partial charge on any atom is 0.237 e. The minimum Gasteiger partial charge on any atom is -0.353 e. The number of nitrogens with one attached hydrogen (secondary N) is 1. The second-order valence-electron chi connectivity index (χ2n) is 3.06. The fourth-order valence-corrected chi connectivity index (χ4v) is 1.04. The third kappa shape index (κ3) is 2.94. The van der Waals surface area contributed by atoms with E-state index in [9.17, 15) is 4.79 Å². The van der Waals surface area contributed by atoms with Gasteiger partial charge in [0.1, 0.15) is 5.92 Å². The predicted octanol–water partition coefficient (Wildman–Crippen LogP) is 0.764. The van der Waals surface area contributed by atoms with Gasteiger partial charge >= 0.3 is 0 Å². The Balaban J connectivity index is 2.23. The van der Waals surface area contributed by atoms with Gasteiger partial charge in [-0.05, 0) is 19.1 Å². The molecule has 1 unspecified atom stereocenters. The molecule has 1 heterocycles. The highest BCUT2D eigenvalue weighted by molar-refractivity contribution is 5.80. The Morgan fingerprint density at radius 2 is 2.21 bits per heavy atom. The number of amides is 1. The quantitative estimate of drug-likeness (QED) is 0.764. The van der Waals surface area contributed by atoms with E-state index in [0.717, 1.165) is 6.54 Å². The summed E-state index contributed by atoms with van der Waals surface area (Å²) in [6.07, 6.45) is 3.86. The van der Waals surface area contributed by atoms with Crippen LogP contribution in [0.15, 0.2) is 24.5 Å². The summed E-state index contributed by atoms with van der Waals surface area (Å²) < 4.78 is 1.97. The highest BCUT2D eigenvalue weighted by Gasteiger charge is 2.09. The molecule has 0 radical (unpaired) electrons. The molecule has 0 saturated carbocycles. The van der Waals surface area contributed by atoms with E-state index in [4.69, 9.17) is 5.26 Å². The van der Waals surface area contributed by atoms with Crippen LogP contribution in [0.1, 0.15) is 6.92 Å². The first-order valence-corrected chi connectivity index (χ1v) is 4.52. The summed E-state index contributed by atoms with van der Waals surface area (Å²) in [7, 11) is 0. The van der Waals surface area contributed by atoms with Crippen LogP contribution >= 0.6 is 0 Å². The van der Waals surface area contributed by atoms with Crippen LogP contribution in [0.3, 0.4) is 0 Å². The normalized spacial score (nSPS) is 11.7. The van der Waals surface area contributed by atoms with Gasteiger partial charge in [0.05, 0.1) is 6.07 Å². The maximum absolute atomic E-state index is 11.2. The van der Waals surface area contributed by atoms with Gasteiger partial charge in [-0.1, -0.05) is 0 Å². The van der Waals surface area contributed by atoms with Crippen LogP contribution in [-0.4, -0.2) is 17.0 Å². The monoisotopic (exact) mass is 191 g/mol. The smallest absolute Gasteiger partial charge is 0.237 e. The third-order valence-corrected chi connectivity index (χ3v) is 1.92. The van der Waals surface area contributed by atoms with E-state index >= 15 is 0 Å².